The largest absolute Gasteiger partial charge is 0.397 e. The summed E-state index contributed by atoms with van der Waals surface area (Å²) in [6, 6.07) is 21.1. The monoisotopic (exact) mass is 516 g/mol. The van der Waals surface area contributed by atoms with Crippen LogP contribution in [-0.4, -0.2) is 20.5 Å². The van der Waals surface area contributed by atoms with Crippen LogP contribution >= 0.6 is 11.8 Å². The fourth-order valence-corrected chi connectivity index (χ4v) is 4.43. The summed E-state index contributed by atoms with van der Waals surface area (Å²) in [6.07, 6.45) is 1.85. The van der Waals surface area contributed by atoms with E-state index >= 15 is 0 Å². The van der Waals surface area contributed by atoms with Crippen LogP contribution in [0.1, 0.15) is 21.5 Å². The lowest BCUT2D eigenvalue weighted by Crippen LogP contribution is -2.13. The van der Waals surface area contributed by atoms with Gasteiger partial charge in [0.2, 0.25) is 5.16 Å². The first-order chi connectivity index (χ1) is 17.9. The SMILES string of the molecule is Nc1cc(F)ccc1NC(=O)c1ccc(CSc2nc(NCc3ccc(F)cc3)c3cccn3n2)cc1. The third-order valence-electron chi connectivity index (χ3n) is 5.59. The number of fused-ring (bicyclic) bond motifs is 1. The highest BCUT2D eigenvalue weighted by Gasteiger charge is 2.11. The number of amides is 1. The second-order valence-corrected chi connectivity index (χ2v) is 9.17. The molecule has 2 aromatic heterocycles. The van der Waals surface area contributed by atoms with E-state index in [9.17, 15) is 13.6 Å². The second-order valence-electron chi connectivity index (χ2n) is 8.23. The van der Waals surface area contributed by atoms with Crippen molar-refractivity contribution in [2.45, 2.75) is 17.5 Å². The first kappa shape index (κ1) is 24.3. The number of benzene rings is 3. The number of carbonyl (C=O) groups is 1. The van der Waals surface area contributed by atoms with Crippen LogP contribution in [0.25, 0.3) is 5.52 Å². The third kappa shape index (κ3) is 5.87. The Morgan fingerprint density at radius 2 is 1.68 bits per heavy atom. The number of carbonyl (C=O) groups excluding carboxylic acids is 1. The van der Waals surface area contributed by atoms with Gasteiger partial charge >= 0.3 is 0 Å². The van der Waals surface area contributed by atoms with E-state index in [1.807, 2.05) is 30.5 Å². The molecule has 37 heavy (non-hydrogen) atoms. The maximum atomic E-state index is 13.2. The van der Waals surface area contributed by atoms with Gasteiger partial charge in [-0.2, -0.15) is 0 Å². The van der Waals surface area contributed by atoms with Crippen LogP contribution in [0.15, 0.2) is 90.2 Å². The Bertz CT molecular complexity index is 1550. The van der Waals surface area contributed by atoms with Gasteiger partial charge in [-0.05, 0) is 65.7 Å². The first-order valence-corrected chi connectivity index (χ1v) is 12.3. The molecule has 4 N–H and O–H groups in total. The van der Waals surface area contributed by atoms with Crippen LogP contribution < -0.4 is 16.4 Å². The molecule has 2 heterocycles. The van der Waals surface area contributed by atoms with Crippen molar-refractivity contribution >= 4 is 40.4 Å². The molecule has 5 rings (SSSR count). The Morgan fingerprint density at radius 3 is 2.43 bits per heavy atom. The molecule has 0 saturated carbocycles. The minimum absolute atomic E-state index is 0.160. The summed E-state index contributed by atoms with van der Waals surface area (Å²) in [6.45, 7) is 0.495. The number of hydrogen-bond acceptors (Lipinski definition) is 6. The Hall–Kier alpha value is -4.44. The van der Waals surface area contributed by atoms with Crippen molar-refractivity contribution in [3.8, 4) is 0 Å². The van der Waals surface area contributed by atoms with Gasteiger partial charge in [-0.25, -0.2) is 18.3 Å². The predicted molar refractivity (Wildman–Crippen MR) is 141 cm³/mol. The zero-order chi connectivity index (χ0) is 25.8. The summed E-state index contributed by atoms with van der Waals surface area (Å²) in [5, 5.41) is 11.2. The second kappa shape index (κ2) is 10.7. The number of aromatic nitrogens is 3. The van der Waals surface area contributed by atoms with Gasteiger partial charge in [0.25, 0.3) is 5.91 Å². The van der Waals surface area contributed by atoms with E-state index in [0.717, 1.165) is 22.7 Å². The van der Waals surface area contributed by atoms with Crippen molar-refractivity contribution < 1.29 is 13.6 Å². The lowest BCUT2D eigenvalue weighted by molar-refractivity contribution is 0.102. The van der Waals surface area contributed by atoms with Crippen LogP contribution in [0.2, 0.25) is 0 Å². The number of halogens is 2. The van der Waals surface area contributed by atoms with Gasteiger partial charge < -0.3 is 16.4 Å². The third-order valence-corrected chi connectivity index (χ3v) is 6.50. The molecule has 0 unspecified atom stereocenters. The molecule has 3 aromatic carbocycles. The molecule has 10 heteroatoms. The number of anilines is 3. The minimum atomic E-state index is -0.465. The minimum Gasteiger partial charge on any atom is -0.397 e. The molecule has 0 spiro atoms. The standard InChI is InChI=1S/C27H22F2N6OS/c28-20-9-5-17(6-10-20)15-31-25-24-2-1-13-35(24)34-27(33-25)37-16-18-3-7-19(8-4-18)26(36)32-23-12-11-21(29)14-22(23)30/h1-14H,15-16,30H2,(H,32,36)(H,31,33,34). The first-order valence-electron chi connectivity index (χ1n) is 11.4. The van der Waals surface area contributed by atoms with E-state index in [-0.39, 0.29) is 17.4 Å². The zero-order valence-corrected chi connectivity index (χ0v) is 20.3. The summed E-state index contributed by atoms with van der Waals surface area (Å²) in [7, 11) is 0. The lowest BCUT2D eigenvalue weighted by atomic mass is 10.1. The highest BCUT2D eigenvalue weighted by Crippen LogP contribution is 2.24. The predicted octanol–water partition coefficient (Wildman–Crippen LogP) is 5.75. The fourth-order valence-electron chi connectivity index (χ4n) is 3.64. The Labute approximate surface area is 215 Å². The fraction of sp³-hybridized carbons (Fsp3) is 0.0741. The van der Waals surface area contributed by atoms with Crippen molar-refractivity contribution in [1.82, 2.24) is 14.6 Å². The highest BCUT2D eigenvalue weighted by molar-refractivity contribution is 7.98. The Balaban J connectivity index is 1.23. The van der Waals surface area contributed by atoms with Crippen LogP contribution in [0.5, 0.6) is 0 Å². The van der Waals surface area contributed by atoms with E-state index in [1.165, 1.54) is 36.0 Å². The molecule has 0 aliphatic rings. The van der Waals surface area contributed by atoms with E-state index in [2.05, 4.69) is 20.7 Å². The molecular weight excluding hydrogens is 494 g/mol. The van der Waals surface area contributed by atoms with Crippen LogP contribution in [0.3, 0.4) is 0 Å². The van der Waals surface area contributed by atoms with Gasteiger partial charge in [-0.15, -0.1) is 5.10 Å². The van der Waals surface area contributed by atoms with Crippen molar-refractivity contribution in [1.29, 1.82) is 0 Å². The molecule has 0 fully saturated rings. The van der Waals surface area contributed by atoms with E-state index in [0.29, 0.717) is 34.5 Å². The summed E-state index contributed by atoms with van der Waals surface area (Å²) < 4.78 is 28.2. The highest BCUT2D eigenvalue weighted by atomic mass is 32.2. The molecule has 0 bridgehead atoms. The van der Waals surface area contributed by atoms with E-state index < -0.39 is 5.82 Å². The van der Waals surface area contributed by atoms with E-state index in [4.69, 9.17) is 5.73 Å². The van der Waals surface area contributed by atoms with Crippen molar-refractivity contribution in [2.24, 2.45) is 0 Å². The average molecular weight is 517 g/mol. The summed E-state index contributed by atoms with van der Waals surface area (Å²) in [5.41, 5.74) is 9.50. The molecule has 0 aliphatic carbocycles. The Morgan fingerprint density at radius 1 is 0.946 bits per heavy atom. The van der Waals surface area contributed by atoms with Crippen molar-refractivity contribution in [2.75, 3.05) is 16.4 Å². The maximum Gasteiger partial charge on any atom is 0.255 e. The van der Waals surface area contributed by atoms with Crippen LogP contribution in [-0.2, 0) is 12.3 Å². The number of hydrogen-bond donors (Lipinski definition) is 3. The number of nitrogens with zero attached hydrogens (tertiary/aromatic N) is 3. The topological polar surface area (TPSA) is 97.3 Å². The summed E-state index contributed by atoms with van der Waals surface area (Å²) >= 11 is 1.46. The van der Waals surface area contributed by atoms with Gasteiger partial charge in [0.15, 0.2) is 5.82 Å². The van der Waals surface area contributed by atoms with Gasteiger partial charge in [0, 0.05) is 24.1 Å². The van der Waals surface area contributed by atoms with Crippen molar-refractivity contribution in [3.63, 3.8) is 0 Å². The van der Waals surface area contributed by atoms with Crippen molar-refractivity contribution in [3.05, 3.63) is 113 Å². The molecule has 0 radical (unpaired) electrons. The quantitative estimate of drug-likeness (QED) is 0.180. The number of rotatable bonds is 8. The molecule has 0 aliphatic heterocycles. The van der Waals surface area contributed by atoms with Gasteiger partial charge in [-0.3, -0.25) is 4.79 Å². The van der Waals surface area contributed by atoms with E-state index in [1.54, 1.807) is 28.8 Å². The van der Waals surface area contributed by atoms with Gasteiger partial charge in [0.1, 0.15) is 17.2 Å². The molecule has 0 atom stereocenters. The molecule has 7 nitrogen and oxygen atoms in total. The van der Waals surface area contributed by atoms with Gasteiger partial charge in [-0.1, -0.05) is 36.0 Å². The molecular formula is C27H22F2N6OS. The number of thioether (sulfide) groups is 1. The maximum absolute atomic E-state index is 13.2. The van der Waals surface area contributed by atoms with Crippen LogP contribution in [0, 0.1) is 11.6 Å². The molecule has 1 amide bonds. The summed E-state index contributed by atoms with van der Waals surface area (Å²) in [4.78, 5) is 17.2. The number of nitrogens with two attached hydrogens (primary N) is 1. The van der Waals surface area contributed by atoms with Gasteiger partial charge in [0.05, 0.1) is 11.4 Å². The lowest BCUT2D eigenvalue weighted by Gasteiger charge is -2.10. The molecule has 0 saturated heterocycles. The normalized spacial score (nSPS) is 11.0. The zero-order valence-electron chi connectivity index (χ0n) is 19.5. The Kier molecular flexibility index (Phi) is 7.00. The number of nitrogen functional groups attached to an aromatic ring is 1. The molecule has 5 aromatic rings. The average Bonchev–Trinajstić information content (AvgIpc) is 3.38. The number of nitrogens with one attached hydrogen (secondary N) is 2. The smallest absolute Gasteiger partial charge is 0.255 e. The summed E-state index contributed by atoms with van der Waals surface area (Å²) in [5.74, 6) is 0.198. The molecule has 186 valence electrons. The van der Waals surface area contributed by atoms with Crippen LogP contribution in [0.4, 0.5) is 26.0 Å².